The largest absolute Gasteiger partial charge is 0.459 e. The highest BCUT2D eigenvalue weighted by molar-refractivity contribution is 6.75. The van der Waals surface area contributed by atoms with Crippen molar-refractivity contribution >= 4 is 30.9 Å². The molecule has 282 valence electrons. The molecule has 13 heteroatoms. The predicted molar refractivity (Wildman–Crippen MR) is 207 cm³/mol. The fourth-order valence-electron chi connectivity index (χ4n) is 4.87. The summed E-state index contributed by atoms with van der Waals surface area (Å²) in [5, 5.41) is -0.300. The Morgan fingerprint density at radius 3 is 1.78 bits per heavy atom. The topological polar surface area (TPSA) is 107 Å². The molecule has 0 saturated carbocycles. The molecule has 0 radical (unpaired) electrons. The number of esters is 1. The summed E-state index contributed by atoms with van der Waals surface area (Å²) in [5.41, 5.74) is -0.144. The zero-order valence-corrected chi connectivity index (χ0v) is 36.6. The number of hydrogen-bond acceptors (Lipinski definition) is 8. The minimum atomic E-state index is -2.49. The molecule has 10 nitrogen and oxygen atoms in total. The van der Waals surface area contributed by atoms with Gasteiger partial charge in [0.2, 0.25) is 0 Å². The molecule has 0 amide bonds. The number of aromatic nitrogens is 2. The maximum atomic E-state index is 14.3. The molecule has 1 aromatic heterocycles. The lowest BCUT2D eigenvalue weighted by atomic mass is 10.1. The normalized spacial score (nSPS) is 21.0. The van der Waals surface area contributed by atoms with Crippen molar-refractivity contribution < 1.29 is 27.5 Å². The molecule has 2 aromatic rings. The Kier molecular flexibility index (Phi) is 12.7. The molecule has 1 aliphatic heterocycles. The average molecular weight is 749 g/mol. The van der Waals surface area contributed by atoms with E-state index in [1.54, 1.807) is 6.92 Å². The van der Waals surface area contributed by atoms with E-state index >= 15 is 0 Å². The number of nitrogens with zero attached hydrogens (tertiary/aromatic N) is 2. The SMILES string of the molecule is Cc1cn([C@@H]2O[C@H](CO[Si](C)(C)C(C)(C)C)[C@@H](O[Si](C)(C)C(C)(C)C)[C@H]2O[Si](C)(C)C(C)(C)C)c(=O)n(CC(=O)OCc2ccccc2)c1=O. The second kappa shape index (κ2) is 15.1. The Morgan fingerprint density at radius 1 is 0.780 bits per heavy atom. The van der Waals surface area contributed by atoms with E-state index in [4.69, 9.17) is 22.8 Å². The number of hydrogen-bond donors (Lipinski definition) is 0. The third kappa shape index (κ3) is 9.64. The second-order valence-electron chi connectivity index (χ2n) is 18.4. The van der Waals surface area contributed by atoms with Gasteiger partial charge in [-0.1, -0.05) is 92.6 Å². The lowest BCUT2D eigenvalue weighted by molar-refractivity contribution is -0.145. The first-order chi connectivity index (χ1) is 22.6. The summed E-state index contributed by atoms with van der Waals surface area (Å²) in [6, 6.07) is 9.26. The van der Waals surface area contributed by atoms with Crippen LogP contribution in [0.5, 0.6) is 0 Å². The molecule has 0 spiro atoms. The molecule has 3 rings (SSSR count). The fourth-order valence-corrected chi connectivity index (χ4v) is 8.49. The molecule has 0 bridgehead atoms. The first-order valence-electron chi connectivity index (χ1n) is 17.8. The molecular formula is C37H64N2O8Si3. The van der Waals surface area contributed by atoms with Crippen molar-refractivity contribution in [1.82, 2.24) is 9.13 Å². The standard InChI is InChI=1S/C37H64N2O8Si3/c1-26-22-39(34(42)38(32(26)41)23-29(40)43-24-27-20-18-17-19-21-27)33-31(47-50(15,16)37(8,9)10)30(46-49(13,14)36(5,6)7)28(45-33)25-44-48(11,12)35(2,3)4/h17-22,28,30-31,33H,23-25H2,1-16H3/t28-,30-,31-,33-/m1/s1. The monoisotopic (exact) mass is 748 g/mol. The van der Waals surface area contributed by atoms with Gasteiger partial charge < -0.3 is 22.8 Å². The van der Waals surface area contributed by atoms with Gasteiger partial charge in [-0.25, -0.2) is 9.36 Å². The summed E-state index contributed by atoms with van der Waals surface area (Å²) in [4.78, 5) is 40.7. The van der Waals surface area contributed by atoms with E-state index in [9.17, 15) is 14.4 Å². The van der Waals surface area contributed by atoms with E-state index in [0.29, 0.717) is 0 Å². The van der Waals surface area contributed by atoms with Crippen LogP contribution in [0.3, 0.4) is 0 Å². The highest BCUT2D eigenvalue weighted by atomic mass is 28.4. The van der Waals surface area contributed by atoms with E-state index in [-0.39, 0.29) is 33.9 Å². The van der Waals surface area contributed by atoms with Gasteiger partial charge in [-0.15, -0.1) is 0 Å². The van der Waals surface area contributed by atoms with Crippen LogP contribution in [0, 0.1) is 6.92 Å². The van der Waals surface area contributed by atoms with E-state index in [1.807, 2.05) is 30.3 Å². The maximum absolute atomic E-state index is 14.3. The van der Waals surface area contributed by atoms with Crippen LogP contribution in [0.2, 0.25) is 54.4 Å². The van der Waals surface area contributed by atoms with Gasteiger partial charge >= 0.3 is 11.7 Å². The van der Waals surface area contributed by atoms with Crippen LogP contribution in [0.1, 0.15) is 79.7 Å². The lowest BCUT2D eigenvalue weighted by Crippen LogP contribution is -2.55. The van der Waals surface area contributed by atoms with Gasteiger partial charge in [0.1, 0.15) is 31.5 Å². The summed E-state index contributed by atoms with van der Waals surface area (Å²) in [7, 11) is -7.11. The van der Waals surface area contributed by atoms with E-state index in [2.05, 4.69) is 102 Å². The number of carbonyl (C=O) groups is 1. The second-order valence-corrected chi connectivity index (χ2v) is 32.7. The third-order valence-corrected chi connectivity index (χ3v) is 24.8. The van der Waals surface area contributed by atoms with Crippen molar-refractivity contribution in [3.05, 3.63) is 68.5 Å². The van der Waals surface area contributed by atoms with Gasteiger partial charge in [-0.3, -0.25) is 14.2 Å². The van der Waals surface area contributed by atoms with Crippen molar-refractivity contribution in [2.24, 2.45) is 0 Å². The zero-order chi connectivity index (χ0) is 38.3. The minimum absolute atomic E-state index is 0.0313. The van der Waals surface area contributed by atoms with Crippen LogP contribution in [0.15, 0.2) is 46.1 Å². The molecule has 4 atom stereocenters. The maximum Gasteiger partial charge on any atom is 0.333 e. The summed E-state index contributed by atoms with van der Waals surface area (Å²) < 4.78 is 35.8. The zero-order valence-electron chi connectivity index (χ0n) is 33.6. The number of rotatable bonds is 12. The van der Waals surface area contributed by atoms with E-state index in [1.165, 1.54) is 10.8 Å². The minimum Gasteiger partial charge on any atom is -0.459 e. The molecule has 1 saturated heterocycles. The van der Waals surface area contributed by atoms with Gasteiger partial charge in [0.25, 0.3) is 5.56 Å². The van der Waals surface area contributed by atoms with Crippen molar-refractivity contribution in [2.75, 3.05) is 6.61 Å². The molecular weight excluding hydrogens is 685 g/mol. The highest BCUT2D eigenvalue weighted by Crippen LogP contribution is 2.46. The Balaban J connectivity index is 2.16. The Bertz CT molecular complexity index is 1600. The van der Waals surface area contributed by atoms with Crippen LogP contribution in [-0.4, -0.2) is 65.0 Å². The van der Waals surface area contributed by atoms with Crippen molar-refractivity contribution in [2.45, 2.75) is 161 Å². The number of aryl methyl sites for hydroxylation is 1. The Labute approximate surface area is 303 Å². The quantitative estimate of drug-likeness (QED) is 0.160. The summed E-state index contributed by atoms with van der Waals surface area (Å²) in [6.07, 6.45) is -1.22. The predicted octanol–water partition coefficient (Wildman–Crippen LogP) is 7.76. The summed E-state index contributed by atoms with van der Waals surface area (Å²) in [6.45, 7) is 34.2. The van der Waals surface area contributed by atoms with Gasteiger partial charge in [0, 0.05) is 11.8 Å². The number of benzene rings is 1. The van der Waals surface area contributed by atoms with Crippen molar-refractivity contribution in [1.29, 1.82) is 0 Å². The van der Waals surface area contributed by atoms with Crippen LogP contribution < -0.4 is 11.2 Å². The number of carbonyl (C=O) groups excluding carboxylic acids is 1. The molecule has 50 heavy (non-hydrogen) atoms. The molecule has 0 N–H and O–H groups in total. The van der Waals surface area contributed by atoms with Crippen molar-refractivity contribution in [3.63, 3.8) is 0 Å². The van der Waals surface area contributed by atoms with Crippen LogP contribution in [0.4, 0.5) is 0 Å². The highest BCUT2D eigenvalue weighted by Gasteiger charge is 2.55. The first-order valence-corrected chi connectivity index (χ1v) is 26.5. The Hall–Kier alpha value is -2.14. The molecule has 1 aliphatic rings. The summed E-state index contributed by atoms with van der Waals surface area (Å²) >= 11 is 0. The van der Waals surface area contributed by atoms with Gasteiger partial charge in [-0.2, -0.15) is 0 Å². The van der Waals surface area contributed by atoms with Gasteiger partial charge in [0.05, 0.1) is 6.61 Å². The van der Waals surface area contributed by atoms with Crippen LogP contribution in [-0.2, 0) is 40.7 Å². The molecule has 0 aliphatic carbocycles. The fraction of sp³-hybridized carbons (Fsp3) is 0.703. The molecule has 2 heterocycles. The van der Waals surface area contributed by atoms with Crippen molar-refractivity contribution in [3.8, 4) is 0 Å². The number of ether oxygens (including phenoxy) is 2. The molecule has 1 fully saturated rings. The summed E-state index contributed by atoms with van der Waals surface area (Å²) in [5.74, 6) is -0.689. The average Bonchev–Trinajstić information content (AvgIpc) is 3.29. The Morgan fingerprint density at radius 2 is 1.28 bits per heavy atom. The lowest BCUT2D eigenvalue weighted by Gasteiger charge is -2.44. The first kappa shape index (κ1) is 42.3. The van der Waals surface area contributed by atoms with E-state index in [0.717, 1.165) is 10.1 Å². The van der Waals surface area contributed by atoms with Crippen LogP contribution in [0.25, 0.3) is 0 Å². The molecule has 1 aromatic carbocycles. The van der Waals surface area contributed by atoms with Gasteiger partial charge in [0.15, 0.2) is 31.2 Å². The van der Waals surface area contributed by atoms with Crippen LogP contribution >= 0.6 is 0 Å². The van der Waals surface area contributed by atoms with Gasteiger partial charge in [-0.05, 0) is 66.9 Å². The van der Waals surface area contributed by atoms with E-state index < -0.39 is 73.3 Å². The third-order valence-electron chi connectivity index (χ3n) is 11.3. The molecule has 0 unspecified atom stereocenters. The smallest absolute Gasteiger partial charge is 0.333 e.